The molecule has 4 aliphatic carbocycles. The molecular formula is C21H32O3. The lowest BCUT2D eigenvalue weighted by molar-refractivity contribution is -0.158. The van der Waals surface area contributed by atoms with Gasteiger partial charge >= 0.3 is 0 Å². The van der Waals surface area contributed by atoms with Crippen molar-refractivity contribution in [1.82, 2.24) is 0 Å². The van der Waals surface area contributed by atoms with Crippen LogP contribution in [0.25, 0.3) is 0 Å². The summed E-state index contributed by atoms with van der Waals surface area (Å²) in [7, 11) is 1.80. The SMILES string of the molecule is COC[C@@H]1CC2CC(=O)CC[C@]2(C)[C@H]2CC[C@]3(C)C(=O)CC[C@H]3[C@H]12. The predicted octanol–water partition coefficient (Wildman–Crippen LogP) is 4.04. The Hall–Kier alpha value is -0.700. The van der Waals surface area contributed by atoms with E-state index in [-0.39, 0.29) is 5.41 Å². The van der Waals surface area contributed by atoms with Crippen molar-refractivity contribution in [2.75, 3.05) is 13.7 Å². The van der Waals surface area contributed by atoms with Gasteiger partial charge in [-0.15, -0.1) is 0 Å². The quantitative estimate of drug-likeness (QED) is 0.766. The number of fused-ring (bicyclic) bond motifs is 5. The van der Waals surface area contributed by atoms with Crippen LogP contribution >= 0.6 is 0 Å². The number of Topliss-reactive ketones (excluding diaryl/α,β-unsaturated/α-hetero) is 2. The molecule has 0 N–H and O–H groups in total. The summed E-state index contributed by atoms with van der Waals surface area (Å²) in [5, 5.41) is 0. The lowest BCUT2D eigenvalue weighted by Crippen LogP contribution is -2.57. The molecule has 4 fully saturated rings. The summed E-state index contributed by atoms with van der Waals surface area (Å²) in [5.74, 6) is 3.86. The summed E-state index contributed by atoms with van der Waals surface area (Å²) in [5.41, 5.74) is 0.219. The molecule has 4 saturated carbocycles. The molecule has 0 aromatic rings. The number of rotatable bonds is 2. The predicted molar refractivity (Wildman–Crippen MR) is 92.5 cm³/mol. The molecule has 0 aromatic heterocycles. The number of ketones is 2. The molecule has 0 aromatic carbocycles. The van der Waals surface area contributed by atoms with Gasteiger partial charge in [0.15, 0.2) is 0 Å². The number of carbonyl (C=O) groups is 2. The van der Waals surface area contributed by atoms with Crippen molar-refractivity contribution < 1.29 is 14.3 Å². The van der Waals surface area contributed by atoms with Crippen LogP contribution in [0.4, 0.5) is 0 Å². The topological polar surface area (TPSA) is 43.4 Å². The lowest BCUT2D eigenvalue weighted by atomic mass is 9.43. The van der Waals surface area contributed by atoms with E-state index in [0.29, 0.717) is 46.6 Å². The highest BCUT2D eigenvalue weighted by molar-refractivity contribution is 5.87. The van der Waals surface area contributed by atoms with Crippen LogP contribution in [0.1, 0.15) is 65.2 Å². The molecular weight excluding hydrogens is 300 g/mol. The van der Waals surface area contributed by atoms with Gasteiger partial charge in [0.2, 0.25) is 0 Å². The van der Waals surface area contributed by atoms with Gasteiger partial charge in [0.1, 0.15) is 11.6 Å². The highest BCUT2D eigenvalue weighted by atomic mass is 16.5. The van der Waals surface area contributed by atoms with E-state index in [0.717, 1.165) is 51.6 Å². The van der Waals surface area contributed by atoms with Gasteiger partial charge in [-0.2, -0.15) is 0 Å². The number of hydrogen-bond acceptors (Lipinski definition) is 3. The van der Waals surface area contributed by atoms with Gasteiger partial charge in [0, 0.05) is 38.4 Å². The Morgan fingerprint density at radius 3 is 2.62 bits per heavy atom. The fraction of sp³-hybridized carbons (Fsp3) is 0.905. The molecule has 3 nitrogen and oxygen atoms in total. The van der Waals surface area contributed by atoms with E-state index in [9.17, 15) is 9.59 Å². The first-order valence-electron chi connectivity index (χ1n) is 9.94. The number of methoxy groups -OCH3 is 1. The Labute approximate surface area is 145 Å². The largest absolute Gasteiger partial charge is 0.384 e. The van der Waals surface area contributed by atoms with Crippen molar-refractivity contribution in [3.63, 3.8) is 0 Å². The minimum absolute atomic E-state index is 0.0825. The minimum atomic E-state index is -0.0825. The Bertz CT molecular complexity index is 555. The van der Waals surface area contributed by atoms with Gasteiger partial charge in [0.05, 0.1) is 0 Å². The third-order valence-corrected chi connectivity index (χ3v) is 8.75. The molecule has 3 heteroatoms. The number of hydrogen-bond donors (Lipinski definition) is 0. The summed E-state index contributed by atoms with van der Waals surface area (Å²) in [6.45, 7) is 5.50. The molecule has 7 atom stereocenters. The van der Waals surface area contributed by atoms with E-state index in [2.05, 4.69) is 13.8 Å². The highest BCUT2D eigenvalue weighted by Crippen LogP contribution is 2.66. The Morgan fingerprint density at radius 2 is 1.88 bits per heavy atom. The van der Waals surface area contributed by atoms with Crippen LogP contribution in [0, 0.1) is 40.4 Å². The molecule has 0 aliphatic heterocycles. The summed E-state index contributed by atoms with van der Waals surface area (Å²) < 4.78 is 5.61. The normalized spacial score (nSPS) is 51.0. The first-order valence-corrected chi connectivity index (χ1v) is 9.94. The molecule has 0 heterocycles. The van der Waals surface area contributed by atoms with E-state index in [1.807, 2.05) is 0 Å². The molecule has 1 unspecified atom stereocenters. The van der Waals surface area contributed by atoms with Crippen LogP contribution in [0.5, 0.6) is 0 Å². The average molecular weight is 332 g/mol. The fourth-order valence-corrected chi connectivity index (χ4v) is 7.37. The first-order chi connectivity index (χ1) is 11.4. The van der Waals surface area contributed by atoms with Crippen molar-refractivity contribution in [2.45, 2.75) is 65.2 Å². The Morgan fingerprint density at radius 1 is 1.08 bits per heavy atom. The van der Waals surface area contributed by atoms with Crippen LogP contribution in [0.3, 0.4) is 0 Å². The highest BCUT2D eigenvalue weighted by Gasteiger charge is 2.62. The zero-order valence-corrected chi connectivity index (χ0v) is 15.5. The average Bonchev–Trinajstić information content (AvgIpc) is 2.85. The van der Waals surface area contributed by atoms with Crippen LogP contribution in [0.2, 0.25) is 0 Å². The monoisotopic (exact) mass is 332 g/mol. The maximum absolute atomic E-state index is 12.6. The van der Waals surface area contributed by atoms with Crippen molar-refractivity contribution in [3.8, 4) is 0 Å². The maximum Gasteiger partial charge on any atom is 0.139 e. The van der Waals surface area contributed by atoms with Crippen molar-refractivity contribution in [1.29, 1.82) is 0 Å². The van der Waals surface area contributed by atoms with E-state index in [1.165, 1.54) is 6.42 Å². The van der Waals surface area contributed by atoms with E-state index >= 15 is 0 Å². The number of ether oxygens (including phenoxy) is 1. The summed E-state index contributed by atoms with van der Waals surface area (Å²) >= 11 is 0. The zero-order chi connectivity index (χ0) is 17.1. The molecule has 4 rings (SSSR count). The maximum atomic E-state index is 12.6. The second-order valence-corrected chi connectivity index (χ2v) is 9.60. The molecule has 4 aliphatic rings. The minimum Gasteiger partial charge on any atom is -0.384 e. The van der Waals surface area contributed by atoms with E-state index in [1.54, 1.807) is 7.11 Å². The Kier molecular flexibility index (Phi) is 3.95. The molecule has 0 radical (unpaired) electrons. The molecule has 0 bridgehead atoms. The third kappa shape index (κ3) is 2.19. The lowest BCUT2D eigenvalue weighted by Gasteiger charge is -2.61. The second-order valence-electron chi connectivity index (χ2n) is 9.60. The molecule has 0 spiro atoms. The fourth-order valence-electron chi connectivity index (χ4n) is 7.37. The number of carbonyl (C=O) groups excluding carboxylic acids is 2. The van der Waals surface area contributed by atoms with Crippen LogP contribution in [-0.4, -0.2) is 25.3 Å². The summed E-state index contributed by atoms with van der Waals surface area (Å²) in [6.07, 6.45) is 7.83. The van der Waals surface area contributed by atoms with Crippen LogP contribution < -0.4 is 0 Å². The van der Waals surface area contributed by atoms with E-state index < -0.39 is 0 Å². The van der Waals surface area contributed by atoms with Crippen LogP contribution in [-0.2, 0) is 14.3 Å². The van der Waals surface area contributed by atoms with Gasteiger partial charge in [-0.25, -0.2) is 0 Å². The smallest absolute Gasteiger partial charge is 0.139 e. The van der Waals surface area contributed by atoms with Gasteiger partial charge < -0.3 is 4.74 Å². The first kappa shape index (κ1) is 16.8. The van der Waals surface area contributed by atoms with Gasteiger partial charge in [0.25, 0.3) is 0 Å². The van der Waals surface area contributed by atoms with Crippen molar-refractivity contribution in [3.05, 3.63) is 0 Å². The van der Waals surface area contributed by atoms with Crippen molar-refractivity contribution >= 4 is 11.6 Å². The van der Waals surface area contributed by atoms with Crippen LogP contribution in [0.15, 0.2) is 0 Å². The van der Waals surface area contributed by atoms with Gasteiger partial charge in [-0.3, -0.25) is 9.59 Å². The van der Waals surface area contributed by atoms with Gasteiger partial charge in [-0.1, -0.05) is 13.8 Å². The summed E-state index contributed by atoms with van der Waals surface area (Å²) in [6, 6.07) is 0. The Balaban J connectivity index is 1.71. The molecule has 134 valence electrons. The van der Waals surface area contributed by atoms with Gasteiger partial charge in [-0.05, 0) is 67.1 Å². The molecule has 24 heavy (non-hydrogen) atoms. The van der Waals surface area contributed by atoms with E-state index in [4.69, 9.17) is 4.74 Å². The molecule has 0 amide bonds. The zero-order valence-electron chi connectivity index (χ0n) is 15.5. The standard InChI is InChI=1S/C21H32O3/c1-20-8-6-15(22)11-14(20)10-13(12-24-3)19-16-4-5-18(23)21(16,2)9-7-17(19)20/h13-14,16-17,19H,4-12H2,1-3H3/t13-,14?,16-,17-,19-,20-,21-/m0/s1. The second kappa shape index (κ2) is 5.65. The van der Waals surface area contributed by atoms with Crippen molar-refractivity contribution in [2.24, 2.45) is 40.4 Å². The third-order valence-electron chi connectivity index (χ3n) is 8.75. The summed E-state index contributed by atoms with van der Waals surface area (Å²) in [4.78, 5) is 24.7. The molecule has 0 saturated heterocycles.